The fraction of sp³-hybridized carbons (Fsp3) is 0.444. The summed E-state index contributed by atoms with van der Waals surface area (Å²) in [6, 6.07) is 8.06. The molecule has 1 aliphatic rings. The van der Waals surface area contributed by atoms with Crippen LogP contribution in [-0.2, 0) is 19.3 Å². The summed E-state index contributed by atoms with van der Waals surface area (Å²) in [5.74, 6) is 0. The normalized spacial score (nSPS) is 14.9. The molecule has 2 amide bonds. The maximum absolute atomic E-state index is 12.3. The van der Waals surface area contributed by atoms with Gasteiger partial charge in [-0.3, -0.25) is 5.10 Å². The van der Waals surface area contributed by atoms with E-state index in [1.807, 2.05) is 32.0 Å². The predicted molar refractivity (Wildman–Crippen MR) is 91.7 cm³/mol. The molecule has 122 valence electrons. The number of hydrogen-bond acceptors (Lipinski definition) is 2. The van der Waals surface area contributed by atoms with Crippen LogP contribution in [0.2, 0.25) is 0 Å². The zero-order chi connectivity index (χ0) is 16.2. The highest BCUT2D eigenvalue weighted by Crippen LogP contribution is 2.27. The molecule has 0 spiro atoms. The van der Waals surface area contributed by atoms with Gasteiger partial charge < -0.3 is 10.6 Å². The standard InChI is InChI=1S/C18H24N4O/c1-12(10-15-11-13(2)21-22-15)19-18(23)20-17-9-5-7-14-6-3-4-8-16(14)17/h5,7,9,11-12H,3-4,6,8,10H2,1-2H3,(H,21,22)(H2,19,20,23)/t12-/m0/s1. The van der Waals surface area contributed by atoms with Crippen molar-refractivity contribution in [2.75, 3.05) is 5.32 Å². The third-order valence-corrected chi connectivity index (χ3v) is 4.30. The van der Waals surface area contributed by atoms with Gasteiger partial charge in [-0.2, -0.15) is 5.10 Å². The number of H-pyrrole nitrogens is 1. The number of nitrogens with zero attached hydrogens (tertiary/aromatic N) is 1. The molecular weight excluding hydrogens is 288 g/mol. The van der Waals surface area contributed by atoms with Crippen molar-refractivity contribution in [3.05, 3.63) is 46.8 Å². The van der Waals surface area contributed by atoms with Crippen LogP contribution in [0, 0.1) is 6.92 Å². The van der Waals surface area contributed by atoms with E-state index >= 15 is 0 Å². The molecule has 23 heavy (non-hydrogen) atoms. The lowest BCUT2D eigenvalue weighted by Gasteiger charge is -2.20. The number of urea groups is 1. The summed E-state index contributed by atoms with van der Waals surface area (Å²) in [7, 11) is 0. The molecule has 1 aromatic carbocycles. The fourth-order valence-electron chi connectivity index (χ4n) is 3.22. The first-order valence-corrected chi connectivity index (χ1v) is 8.31. The first-order chi connectivity index (χ1) is 11.1. The van der Waals surface area contributed by atoms with Crippen LogP contribution in [0.3, 0.4) is 0 Å². The van der Waals surface area contributed by atoms with E-state index in [1.165, 1.54) is 24.0 Å². The Morgan fingerprint density at radius 3 is 2.96 bits per heavy atom. The number of carbonyl (C=O) groups excluding carboxylic acids is 1. The molecule has 0 fully saturated rings. The number of rotatable bonds is 4. The Hall–Kier alpha value is -2.30. The predicted octanol–water partition coefficient (Wildman–Crippen LogP) is 3.35. The van der Waals surface area contributed by atoms with Gasteiger partial charge in [0, 0.05) is 23.8 Å². The maximum atomic E-state index is 12.3. The second kappa shape index (κ2) is 6.86. The molecular formula is C18H24N4O. The summed E-state index contributed by atoms with van der Waals surface area (Å²) < 4.78 is 0. The van der Waals surface area contributed by atoms with Crippen LogP contribution < -0.4 is 10.6 Å². The van der Waals surface area contributed by atoms with E-state index in [0.29, 0.717) is 6.42 Å². The summed E-state index contributed by atoms with van der Waals surface area (Å²) in [6.07, 6.45) is 5.31. The van der Waals surface area contributed by atoms with Crippen LogP contribution in [0.1, 0.15) is 42.3 Å². The number of aromatic nitrogens is 2. The van der Waals surface area contributed by atoms with Gasteiger partial charge in [-0.1, -0.05) is 12.1 Å². The lowest BCUT2D eigenvalue weighted by molar-refractivity contribution is 0.249. The molecule has 0 bridgehead atoms. The second-order valence-corrected chi connectivity index (χ2v) is 6.40. The van der Waals surface area contributed by atoms with Gasteiger partial charge in [-0.15, -0.1) is 0 Å². The van der Waals surface area contributed by atoms with Gasteiger partial charge in [0.25, 0.3) is 0 Å². The minimum Gasteiger partial charge on any atom is -0.335 e. The Kier molecular flexibility index (Phi) is 4.65. The van der Waals surface area contributed by atoms with Crippen LogP contribution in [0.5, 0.6) is 0 Å². The Labute approximate surface area is 136 Å². The van der Waals surface area contributed by atoms with Crippen molar-refractivity contribution < 1.29 is 4.79 Å². The molecule has 3 rings (SSSR count). The zero-order valence-corrected chi connectivity index (χ0v) is 13.8. The Balaban J connectivity index is 1.59. The number of benzene rings is 1. The average molecular weight is 312 g/mol. The summed E-state index contributed by atoms with van der Waals surface area (Å²) in [4.78, 5) is 12.3. The fourth-order valence-corrected chi connectivity index (χ4v) is 3.22. The van der Waals surface area contributed by atoms with E-state index in [1.54, 1.807) is 0 Å². The summed E-state index contributed by atoms with van der Waals surface area (Å²) in [5.41, 5.74) is 5.61. The Morgan fingerprint density at radius 1 is 1.35 bits per heavy atom. The van der Waals surface area contributed by atoms with Gasteiger partial charge in [-0.05, 0) is 62.8 Å². The van der Waals surface area contributed by atoms with Crippen molar-refractivity contribution >= 4 is 11.7 Å². The van der Waals surface area contributed by atoms with Gasteiger partial charge in [0.05, 0.1) is 5.69 Å². The highest BCUT2D eigenvalue weighted by Gasteiger charge is 2.15. The number of fused-ring (bicyclic) bond motifs is 1. The number of aromatic amines is 1. The third-order valence-electron chi connectivity index (χ3n) is 4.30. The lowest BCUT2D eigenvalue weighted by Crippen LogP contribution is -2.37. The molecule has 2 aromatic rings. The first kappa shape index (κ1) is 15.6. The van der Waals surface area contributed by atoms with Crippen molar-refractivity contribution in [3.8, 4) is 0 Å². The van der Waals surface area contributed by atoms with E-state index in [0.717, 1.165) is 29.9 Å². The Morgan fingerprint density at radius 2 is 2.17 bits per heavy atom. The smallest absolute Gasteiger partial charge is 0.319 e. The van der Waals surface area contributed by atoms with Crippen LogP contribution >= 0.6 is 0 Å². The Bertz CT molecular complexity index is 692. The number of amides is 2. The molecule has 1 atom stereocenters. The molecule has 0 aliphatic heterocycles. The van der Waals surface area contributed by atoms with Gasteiger partial charge in [0.15, 0.2) is 0 Å². The van der Waals surface area contributed by atoms with Crippen LogP contribution in [0.4, 0.5) is 10.5 Å². The molecule has 1 heterocycles. The van der Waals surface area contributed by atoms with Crippen molar-refractivity contribution in [1.82, 2.24) is 15.5 Å². The van der Waals surface area contributed by atoms with E-state index < -0.39 is 0 Å². The number of hydrogen-bond donors (Lipinski definition) is 3. The molecule has 0 radical (unpaired) electrons. The highest BCUT2D eigenvalue weighted by molar-refractivity contribution is 5.90. The molecule has 3 N–H and O–H groups in total. The van der Waals surface area contributed by atoms with Crippen molar-refractivity contribution in [2.24, 2.45) is 0 Å². The summed E-state index contributed by atoms with van der Waals surface area (Å²) >= 11 is 0. The third kappa shape index (κ3) is 3.92. The number of carbonyl (C=O) groups is 1. The van der Waals surface area contributed by atoms with Gasteiger partial charge in [0.2, 0.25) is 0 Å². The number of nitrogens with one attached hydrogen (secondary N) is 3. The largest absolute Gasteiger partial charge is 0.335 e. The minimum absolute atomic E-state index is 0.0252. The highest BCUT2D eigenvalue weighted by atomic mass is 16.2. The van der Waals surface area contributed by atoms with Gasteiger partial charge in [0.1, 0.15) is 0 Å². The monoisotopic (exact) mass is 312 g/mol. The van der Waals surface area contributed by atoms with E-state index in [9.17, 15) is 4.79 Å². The molecule has 0 saturated carbocycles. The van der Waals surface area contributed by atoms with E-state index in [-0.39, 0.29) is 12.1 Å². The van der Waals surface area contributed by atoms with Gasteiger partial charge in [-0.25, -0.2) is 4.79 Å². The second-order valence-electron chi connectivity index (χ2n) is 6.40. The van der Waals surface area contributed by atoms with Crippen LogP contribution in [0.15, 0.2) is 24.3 Å². The van der Waals surface area contributed by atoms with Gasteiger partial charge >= 0.3 is 6.03 Å². The molecule has 0 saturated heterocycles. The van der Waals surface area contributed by atoms with Crippen molar-refractivity contribution in [1.29, 1.82) is 0 Å². The van der Waals surface area contributed by atoms with E-state index in [2.05, 4.69) is 26.9 Å². The summed E-state index contributed by atoms with van der Waals surface area (Å²) in [6.45, 7) is 3.96. The SMILES string of the molecule is Cc1cc(C[C@H](C)NC(=O)Nc2cccc3c2CCCC3)n[nH]1. The van der Waals surface area contributed by atoms with Crippen LogP contribution in [-0.4, -0.2) is 22.3 Å². The first-order valence-electron chi connectivity index (χ1n) is 8.31. The number of aryl methyl sites for hydroxylation is 2. The van der Waals surface area contributed by atoms with Crippen molar-refractivity contribution in [3.63, 3.8) is 0 Å². The minimum atomic E-state index is -0.149. The lowest BCUT2D eigenvalue weighted by atomic mass is 9.90. The zero-order valence-electron chi connectivity index (χ0n) is 13.8. The maximum Gasteiger partial charge on any atom is 0.319 e. The molecule has 5 heteroatoms. The molecule has 1 aliphatic carbocycles. The summed E-state index contributed by atoms with van der Waals surface area (Å²) in [5, 5.41) is 13.1. The van der Waals surface area contributed by atoms with Crippen LogP contribution in [0.25, 0.3) is 0 Å². The molecule has 1 aromatic heterocycles. The molecule has 5 nitrogen and oxygen atoms in total. The van der Waals surface area contributed by atoms with E-state index in [4.69, 9.17) is 0 Å². The number of anilines is 1. The average Bonchev–Trinajstić information content (AvgIpc) is 2.92. The topological polar surface area (TPSA) is 69.8 Å². The quantitative estimate of drug-likeness (QED) is 0.810. The van der Waals surface area contributed by atoms with Crippen molar-refractivity contribution in [2.45, 2.75) is 52.0 Å². The molecule has 0 unspecified atom stereocenters.